The molecule has 0 atom stereocenters. The van der Waals surface area contributed by atoms with E-state index < -0.39 is 0 Å². The van der Waals surface area contributed by atoms with Crippen LogP contribution in [0.5, 0.6) is 5.75 Å². The van der Waals surface area contributed by atoms with E-state index in [0.717, 1.165) is 11.4 Å². The second-order valence-electron chi connectivity index (χ2n) is 4.75. The van der Waals surface area contributed by atoms with Crippen LogP contribution in [-0.2, 0) is 6.54 Å². The summed E-state index contributed by atoms with van der Waals surface area (Å²) in [7, 11) is 1.61. The third kappa shape index (κ3) is 3.52. The highest BCUT2D eigenvalue weighted by molar-refractivity contribution is 5.92. The number of pyridine rings is 1. The van der Waals surface area contributed by atoms with E-state index in [1.807, 2.05) is 24.3 Å². The zero-order valence-electron chi connectivity index (χ0n) is 12.5. The zero-order chi connectivity index (χ0) is 16.1. The third-order valence-electron chi connectivity index (χ3n) is 3.19. The molecule has 7 nitrogen and oxygen atoms in total. The number of benzene rings is 1. The van der Waals surface area contributed by atoms with Crippen LogP contribution in [0.3, 0.4) is 0 Å². The van der Waals surface area contributed by atoms with Crippen molar-refractivity contribution in [3.05, 3.63) is 66.2 Å². The Labute approximate surface area is 132 Å². The van der Waals surface area contributed by atoms with Gasteiger partial charge in [-0.2, -0.15) is 0 Å². The number of nitrogens with one attached hydrogen (secondary N) is 1. The van der Waals surface area contributed by atoms with E-state index in [4.69, 9.17) is 4.74 Å². The maximum absolute atomic E-state index is 11.9. The van der Waals surface area contributed by atoms with E-state index in [1.165, 1.54) is 0 Å². The summed E-state index contributed by atoms with van der Waals surface area (Å²) in [5.74, 6) is 0.490. The molecule has 1 aromatic carbocycles. The van der Waals surface area contributed by atoms with E-state index in [2.05, 4.69) is 20.6 Å². The van der Waals surface area contributed by atoms with Crippen molar-refractivity contribution in [3.8, 4) is 11.4 Å². The largest absolute Gasteiger partial charge is 0.497 e. The molecule has 0 unspecified atom stereocenters. The van der Waals surface area contributed by atoms with Crippen LogP contribution in [0.1, 0.15) is 16.2 Å². The fourth-order valence-corrected chi connectivity index (χ4v) is 2.02. The van der Waals surface area contributed by atoms with Gasteiger partial charge < -0.3 is 10.1 Å². The van der Waals surface area contributed by atoms with Gasteiger partial charge in [0.1, 0.15) is 17.1 Å². The number of methoxy groups -OCH3 is 1. The molecule has 0 saturated carbocycles. The number of nitrogens with zero attached hydrogens (tertiary/aromatic N) is 4. The van der Waals surface area contributed by atoms with Crippen LogP contribution in [-0.4, -0.2) is 33.0 Å². The number of hydrogen-bond donors (Lipinski definition) is 1. The minimum Gasteiger partial charge on any atom is -0.497 e. The van der Waals surface area contributed by atoms with Gasteiger partial charge >= 0.3 is 0 Å². The quantitative estimate of drug-likeness (QED) is 0.774. The first kappa shape index (κ1) is 14.7. The first-order valence-electron chi connectivity index (χ1n) is 7.01. The van der Waals surface area contributed by atoms with Gasteiger partial charge in [-0.15, -0.1) is 5.10 Å². The molecule has 23 heavy (non-hydrogen) atoms. The fourth-order valence-electron chi connectivity index (χ4n) is 2.02. The van der Waals surface area contributed by atoms with Crippen molar-refractivity contribution < 1.29 is 9.53 Å². The summed E-state index contributed by atoms with van der Waals surface area (Å²) in [5, 5.41) is 10.9. The number of amides is 1. The minimum absolute atomic E-state index is 0.249. The Morgan fingerprint density at radius 1 is 1.26 bits per heavy atom. The summed E-state index contributed by atoms with van der Waals surface area (Å²) in [6.45, 7) is 0.277. The predicted molar refractivity (Wildman–Crippen MR) is 83.3 cm³/mol. The number of aromatic nitrogens is 4. The summed E-state index contributed by atoms with van der Waals surface area (Å²) in [6.07, 6.45) is 3.33. The van der Waals surface area contributed by atoms with Crippen LogP contribution < -0.4 is 10.1 Å². The molecule has 0 spiro atoms. The smallest absolute Gasteiger partial charge is 0.270 e. The highest BCUT2D eigenvalue weighted by Crippen LogP contribution is 2.15. The van der Waals surface area contributed by atoms with Gasteiger partial charge in [0.15, 0.2) is 0 Å². The van der Waals surface area contributed by atoms with Gasteiger partial charge in [0.05, 0.1) is 25.5 Å². The zero-order valence-corrected chi connectivity index (χ0v) is 12.5. The molecule has 0 saturated heterocycles. The second kappa shape index (κ2) is 6.69. The summed E-state index contributed by atoms with van der Waals surface area (Å²) in [6, 6.07) is 12.7. The van der Waals surface area contributed by atoms with Crippen LogP contribution >= 0.6 is 0 Å². The van der Waals surface area contributed by atoms with E-state index in [0.29, 0.717) is 11.4 Å². The molecule has 1 amide bonds. The standard InChI is InChI=1S/C16H15N5O2/c1-23-14-6-4-5-13(9-14)21-11-12(19-20-21)10-18-16(22)15-7-2-3-8-17-15/h2-9,11H,10H2,1H3,(H,18,22). The first-order chi connectivity index (χ1) is 11.3. The molecule has 2 heterocycles. The molecule has 1 N–H and O–H groups in total. The fraction of sp³-hybridized carbons (Fsp3) is 0.125. The summed E-state index contributed by atoms with van der Waals surface area (Å²) < 4.78 is 6.82. The van der Waals surface area contributed by atoms with Gasteiger partial charge in [0, 0.05) is 12.3 Å². The topological polar surface area (TPSA) is 81.9 Å². The molecule has 116 valence electrons. The lowest BCUT2D eigenvalue weighted by atomic mass is 10.3. The van der Waals surface area contributed by atoms with Crippen LogP contribution in [0.2, 0.25) is 0 Å². The van der Waals surface area contributed by atoms with Crippen molar-refractivity contribution in [1.29, 1.82) is 0 Å². The van der Waals surface area contributed by atoms with Crippen molar-refractivity contribution in [1.82, 2.24) is 25.3 Å². The summed E-state index contributed by atoms with van der Waals surface area (Å²) >= 11 is 0. The maximum atomic E-state index is 11.9. The molecular weight excluding hydrogens is 294 g/mol. The van der Waals surface area contributed by atoms with E-state index in [-0.39, 0.29) is 12.5 Å². The number of rotatable bonds is 5. The molecule has 0 aliphatic heterocycles. The van der Waals surface area contributed by atoms with Crippen molar-refractivity contribution in [2.75, 3.05) is 7.11 Å². The minimum atomic E-state index is -0.249. The summed E-state index contributed by atoms with van der Waals surface area (Å²) in [4.78, 5) is 15.9. The van der Waals surface area contributed by atoms with Crippen LogP contribution in [0.4, 0.5) is 0 Å². The number of carbonyl (C=O) groups excluding carboxylic acids is 1. The van der Waals surface area contributed by atoms with Crippen molar-refractivity contribution in [2.45, 2.75) is 6.54 Å². The highest BCUT2D eigenvalue weighted by Gasteiger charge is 2.08. The number of carbonyl (C=O) groups is 1. The Morgan fingerprint density at radius 3 is 2.96 bits per heavy atom. The Kier molecular flexibility index (Phi) is 4.28. The van der Waals surface area contributed by atoms with Crippen LogP contribution in [0.15, 0.2) is 54.9 Å². The van der Waals surface area contributed by atoms with Gasteiger partial charge in [-0.1, -0.05) is 17.3 Å². The van der Waals surface area contributed by atoms with E-state index >= 15 is 0 Å². The normalized spacial score (nSPS) is 10.3. The molecule has 0 fully saturated rings. The van der Waals surface area contributed by atoms with Gasteiger partial charge in [0.2, 0.25) is 0 Å². The average molecular weight is 309 g/mol. The molecular formula is C16H15N5O2. The van der Waals surface area contributed by atoms with Crippen molar-refractivity contribution in [3.63, 3.8) is 0 Å². The third-order valence-corrected chi connectivity index (χ3v) is 3.19. The number of hydrogen-bond acceptors (Lipinski definition) is 5. The highest BCUT2D eigenvalue weighted by atomic mass is 16.5. The van der Waals surface area contributed by atoms with Crippen molar-refractivity contribution >= 4 is 5.91 Å². The molecule has 0 aliphatic rings. The summed E-state index contributed by atoms with van der Waals surface area (Å²) in [5.41, 5.74) is 1.85. The Morgan fingerprint density at radius 2 is 2.17 bits per heavy atom. The van der Waals surface area contributed by atoms with Gasteiger partial charge in [-0.25, -0.2) is 4.68 Å². The first-order valence-corrected chi connectivity index (χ1v) is 7.01. The lowest BCUT2D eigenvalue weighted by molar-refractivity contribution is 0.0945. The van der Waals surface area contributed by atoms with Gasteiger partial charge in [0.25, 0.3) is 5.91 Å². The average Bonchev–Trinajstić information content (AvgIpc) is 3.09. The van der Waals surface area contributed by atoms with Gasteiger partial charge in [-0.3, -0.25) is 9.78 Å². The SMILES string of the molecule is COc1cccc(-n2cc(CNC(=O)c3ccccn3)nn2)c1. The molecule has 3 aromatic rings. The molecule has 3 rings (SSSR count). The molecule has 0 bridgehead atoms. The Bertz CT molecular complexity index is 801. The molecule has 7 heteroatoms. The second-order valence-corrected chi connectivity index (χ2v) is 4.75. The van der Waals surface area contributed by atoms with Crippen molar-refractivity contribution in [2.24, 2.45) is 0 Å². The predicted octanol–water partition coefficient (Wildman–Crippen LogP) is 1.60. The Balaban J connectivity index is 1.66. The van der Waals surface area contributed by atoms with Crippen LogP contribution in [0, 0.1) is 0 Å². The van der Waals surface area contributed by atoms with Gasteiger partial charge in [-0.05, 0) is 24.3 Å². The lowest BCUT2D eigenvalue weighted by Gasteiger charge is -2.03. The van der Waals surface area contributed by atoms with E-state index in [1.54, 1.807) is 42.4 Å². The van der Waals surface area contributed by atoms with E-state index in [9.17, 15) is 4.79 Å². The van der Waals surface area contributed by atoms with Crippen LogP contribution in [0.25, 0.3) is 5.69 Å². The lowest BCUT2D eigenvalue weighted by Crippen LogP contribution is -2.23. The molecule has 0 aliphatic carbocycles. The molecule has 2 aromatic heterocycles. The molecule has 0 radical (unpaired) electrons. The monoisotopic (exact) mass is 309 g/mol. The Hall–Kier alpha value is -3.22. The maximum Gasteiger partial charge on any atom is 0.270 e. The number of ether oxygens (including phenoxy) is 1.